The molecule has 26 heavy (non-hydrogen) atoms. The second-order valence-corrected chi connectivity index (χ2v) is 5.20. The third-order valence-electron chi connectivity index (χ3n) is 3.42. The summed E-state index contributed by atoms with van der Waals surface area (Å²) in [6.45, 7) is 2.33. The number of amides is 1. The minimum absolute atomic E-state index is 0.0179. The summed E-state index contributed by atoms with van der Waals surface area (Å²) in [7, 11) is 1.54. The summed E-state index contributed by atoms with van der Waals surface area (Å²) >= 11 is 0. The van der Waals surface area contributed by atoms with Gasteiger partial charge < -0.3 is 25.0 Å². The van der Waals surface area contributed by atoms with E-state index in [0.29, 0.717) is 23.7 Å². The minimum Gasteiger partial charge on any atom is -0.506 e. The lowest BCUT2D eigenvalue weighted by Gasteiger charge is -2.09. The number of nitrogens with one attached hydrogen (secondary N) is 1. The summed E-state index contributed by atoms with van der Waals surface area (Å²) < 4.78 is 10.7. The molecule has 0 fully saturated rings. The number of aromatic carboxylic acids is 1. The molecule has 136 valence electrons. The van der Waals surface area contributed by atoms with Gasteiger partial charge in [-0.25, -0.2) is 4.79 Å². The molecule has 3 N–H and O–H groups in total. The van der Waals surface area contributed by atoms with Crippen LogP contribution in [0.1, 0.15) is 22.8 Å². The van der Waals surface area contributed by atoms with Gasteiger partial charge in [0.2, 0.25) is 5.91 Å². The van der Waals surface area contributed by atoms with Crippen LogP contribution in [0.3, 0.4) is 0 Å². The molecule has 1 amide bonds. The molecule has 2 rings (SSSR count). The second kappa shape index (κ2) is 8.57. The Bertz CT molecular complexity index is 844. The standard InChI is InChI=1S/C19H19NO6/c1-3-26-17-10-12(4-8-16(17)25-2)5-9-18(22)20-14-11-13(19(23)24)6-7-15(14)21/h4-11,21H,3H2,1-2H3,(H,20,22)(H,23,24)/b9-5+. The maximum atomic E-state index is 12.0. The number of anilines is 1. The van der Waals surface area contributed by atoms with Crippen LogP contribution in [0.25, 0.3) is 6.08 Å². The molecule has 7 heteroatoms. The summed E-state index contributed by atoms with van der Waals surface area (Å²) in [5.74, 6) is -0.748. The van der Waals surface area contributed by atoms with Crippen molar-refractivity contribution in [3.8, 4) is 17.2 Å². The topological polar surface area (TPSA) is 105 Å². The molecule has 0 unspecified atom stereocenters. The van der Waals surface area contributed by atoms with Gasteiger partial charge in [0.05, 0.1) is 25.0 Å². The Morgan fingerprint density at radius 3 is 2.58 bits per heavy atom. The zero-order valence-electron chi connectivity index (χ0n) is 14.4. The molecule has 0 spiro atoms. The molecular weight excluding hydrogens is 338 g/mol. The SMILES string of the molecule is CCOc1cc(/C=C/C(=O)Nc2cc(C(=O)O)ccc2O)ccc1OC. The highest BCUT2D eigenvalue weighted by Gasteiger charge is 2.09. The summed E-state index contributed by atoms with van der Waals surface area (Å²) in [4.78, 5) is 23.0. The fourth-order valence-corrected chi connectivity index (χ4v) is 2.18. The predicted molar refractivity (Wildman–Crippen MR) is 96.9 cm³/mol. The van der Waals surface area contributed by atoms with E-state index < -0.39 is 11.9 Å². The Balaban J connectivity index is 2.14. The van der Waals surface area contributed by atoms with Crippen molar-refractivity contribution in [2.75, 3.05) is 19.0 Å². The quantitative estimate of drug-likeness (QED) is 0.519. The summed E-state index contributed by atoms with van der Waals surface area (Å²) in [6, 6.07) is 8.85. The number of phenols is 1. The van der Waals surface area contributed by atoms with Crippen LogP contribution in [-0.2, 0) is 4.79 Å². The minimum atomic E-state index is -1.15. The van der Waals surface area contributed by atoms with Gasteiger partial charge in [-0.2, -0.15) is 0 Å². The van der Waals surface area contributed by atoms with Gasteiger partial charge in [0.15, 0.2) is 11.5 Å². The lowest BCUT2D eigenvalue weighted by atomic mass is 10.1. The van der Waals surface area contributed by atoms with Crippen molar-refractivity contribution in [2.45, 2.75) is 6.92 Å². The van der Waals surface area contributed by atoms with E-state index in [-0.39, 0.29) is 17.0 Å². The van der Waals surface area contributed by atoms with Crippen LogP contribution in [0.2, 0.25) is 0 Å². The van der Waals surface area contributed by atoms with Gasteiger partial charge in [0.1, 0.15) is 5.75 Å². The van der Waals surface area contributed by atoms with E-state index in [4.69, 9.17) is 14.6 Å². The van der Waals surface area contributed by atoms with Gasteiger partial charge >= 0.3 is 5.97 Å². The van der Waals surface area contributed by atoms with Gasteiger partial charge in [-0.15, -0.1) is 0 Å². The van der Waals surface area contributed by atoms with Crippen molar-refractivity contribution in [2.24, 2.45) is 0 Å². The smallest absolute Gasteiger partial charge is 0.335 e. The van der Waals surface area contributed by atoms with E-state index in [1.54, 1.807) is 31.4 Å². The highest BCUT2D eigenvalue weighted by Crippen LogP contribution is 2.28. The number of carbonyl (C=O) groups excluding carboxylic acids is 1. The molecule has 0 atom stereocenters. The molecule has 0 aromatic heterocycles. The molecule has 0 aliphatic rings. The maximum absolute atomic E-state index is 12.0. The number of carboxylic acids is 1. The number of hydrogen-bond donors (Lipinski definition) is 3. The molecule has 2 aromatic carbocycles. The van der Waals surface area contributed by atoms with E-state index in [2.05, 4.69) is 5.32 Å². The van der Waals surface area contributed by atoms with Crippen molar-refractivity contribution >= 4 is 23.6 Å². The lowest BCUT2D eigenvalue weighted by molar-refractivity contribution is -0.111. The predicted octanol–water partition coefficient (Wildman–Crippen LogP) is 3.15. The Hall–Kier alpha value is -3.48. The molecule has 0 radical (unpaired) electrons. The van der Waals surface area contributed by atoms with Crippen LogP contribution in [0.5, 0.6) is 17.2 Å². The zero-order valence-corrected chi connectivity index (χ0v) is 14.4. The van der Waals surface area contributed by atoms with Gasteiger partial charge in [-0.1, -0.05) is 6.07 Å². The number of aromatic hydroxyl groups is 1. The maximum Gasteiger partial charge on any atom is 0.335 e. The Labute approximate surface area is 150 Å². The largest absolute Gasteiger partial charge is 0.506 e. The monoisotopic (exact) mass is 357 g/mol. The van der Waals surface area contributed by atoms with Gasteiger partial charge in [-0.3, -0.25) is 4.79 Å². The number of benzene rings is 2. The molecule has 2 aromatic rings. The fraction of sp³-hybridized carbons (Fsp3) is 0.158. The first-order valence-corrected chi connectivity index (χ1v) is 7.80. The van der Waals surface area contributed by atoms with Gasteiger partial charge in [-0.05, 0) is 48.9 Å². The van der Waals surface area contributed by atoms with Crippen LogP contribution in [0.15, 0.2) is 42.5 Å². The average Bonchev–Trinajstić information content (AvgIpc) is 2.62. The van der Waals surface area contributed by atoms with Crippen LogP contribution in [-0.4, -0.2) is 35.8 Å². The second-order valence-electron chi connectivity index (χ2n) is 5.20. The number of hydrogen-bond acceptors (Lipinski definition) is 5. The molecule has 0 saturated heterocycles. The van der Waals surface area contributed by atoms with Crippen molar-refractivity contribution < 1.29 is 29.3 Å². The number of methoxy groups -OCH3 is 1. The number of rotatable bonds is 7. The van der Waals surface area contributed by atoms with Crippen LogP contribution >= 0.6 is 0 Å². The summed E-state index contributed by atoms with van der Waals surface area (Å²) in [5.41, 5.74) is 0.691. The first kappa shape index (κ1) is 18.9. The molecule has 7 nitrogen and oxygen atoms in total. The van der Waals surface area contributed by atoms with Gasteiger partial charge in [0.25, 0.3) is 0 Å². The average molecular weight is 357 g/mol. The fourth-order valence-electron chi connectivity index (χ4n) is 2.18. The third kappa shape index (κ3) is 4.76. The van der Waals surface area contributed by atoms with Crippen molar-refractivity contribution in [1.29, 1.82) is 0 Å². The molecule has 0 aliphatic heterocycles. The van der Waals surface area contributed by atoms with Crippen molar-refractivity contribution in [3.05, 3.63) is 53.6 Å². The molecule has 0 bridgehead atoms. The molecule has 0 saturated carbocycles. The van der Waals surface area contributed by atoms with Crippen LogP contribution in [0, 0.1) is 0 Å². The van der Waals surface area contributed by atoms with E-state index in [1.807, 2.05) is 6.92 Å². The summed E-state index contributed by atoms with van der Waals surface area (Å²) in [6.07, 6.45) is 2.83. The lowest BCUT2D eigenvalue weighted by Crippen LogP contribution is -2.09. The number of ether oxygens (including phenoxy) is 2. The third-order valence-corrected chi connectivity index (χ3v) is 3.42. The Kier molecular flexibility index (Phi) is 6.21. The number of phenolic OH excluding ortho intramolecular Hbond substituents is 1. The van der Waals surface area contributed by atoms with Gasteiger partial charge in [0, 0.05) is 6.08 Å². The molecule has 0 aliphatic carbocycles. The highest BCUT2D eigenvalue weighted by molar-refractivity contribution is 6.03. The first-order chi connectivity index (χ1) is 12.4. The molecule has 0 heterocycles. The van der Waals surface area contributed by atoms with Crippen LogP contribution in [0.4, 0.5) is 5.69 Å². The Morgan fingerprint density at radius 2 is 1.92 bits per heavy atom. The first-order valence-electron chi connectivity index (χ1n) is 7.80. The highest BCUT2D eigenvalue weighted by atomic mass is 16.5. The van der Waals surface area contributed by atoms with E-state index >= 15 is 0 Å². The van der Waals surface area contributed by atoms with E-state index in [9.17, 15) is 14.7 Å². The number of carboxylic acid groups (broad SMARTS) is 1. The molecular formula is C19H19NO6. The normalized spacial score (nSPS) is 10.5. The number of carbonyl (C=O) groups is 2. The van der Waals surface area contributed by atoms with E-state index in [0.717, 1.165) is 0 Å². The summed E-state index contributed by atoms with van der Waals surface area (Å²) in [5, 5.41) is 21.2. The van der Waals surface area contributed by atoms with E-state index in [1.165, 1.54) is 24.3 Å². The van der Waals surface area contributed by atoms with Crippen LogP contribution < -0.4 is 14.8 Å². The Morgan fingerprint density at radius 1 is 1.15 bits per heavy atom. The van der Waals surface area contributed by atoms with Crippen molar-refractivity contribution in [3.63, 3.8) is 0 Å². The zero-order chi connectivity index (χ0) is 19.1. The van der Waals surface area contributed by atoms with Crippen molar-refractivity contribution in [1.82, 2.24) is 0 Å².